The lowest BCUT2D eigenvalue weighted by Gasteiger charge is -2.09. The van der Waals surface area contributed by atoms with Crippen molar-refractivity contribution in [3.8, 4) is 5.88 Å². The van der Waals surface area contributed by atoms with Gasteiger partial charge in [-0.3, -0.25) is 0 Å². The van der Waals surface area contributed by atoms with Crippen LogP contribution in [0.25, 0.3) is 0 Å². The van der Waals surface area contributed by atoms with Crippen LogP contribution in [-0.2, 0) is 16.6 Å². The highest BCUT2D eigenvalue weighted by Gasteiger charge is 2.14. The van der Waals surface area contributed by atoms with Crippen LogP contribution in [0.5, 0.6) is 5.88 Å². The van der Waals surface area contributed by atoms with Gasteiger partial charge >= 0.3 is 0 Å². The smallest absolute Gasteiger partial charge is 0.242 e. The lowest BCUT2D eigenvalue weighted by atomic mass is 10.1. The van der Waals surface area contributed by atoms with E-state index >= 15 is 0 Å². The number of aromatic nitrogens is 1. The van der Waals surface area contributed by atoms with Crippen LogP contribution < -0.4 is 15.2 Å². The molecule has 6 nitrogen and oxygen atoms in total. The molecule has 1 aromatic heterocycles. The molecule has 1 aromatic carbocycles. The summed E-state index contributed by atoms with van der Waals surface area (Å²) >= 11 is 0. The van der Waals surface area contributed by atoms with Gasteiger partial charge in [-0.15, -0.1) is 12.4 Å². The number of hydrogen-bond donors (Lipinski definition) is 2. The molecule has 0 saturated heterocycles. The highest BCUT2D eigenvalue weighted by atomic mass is 35.5. The Balaban J connectivity index is 0.00000264. The molecule has 0 bridgehead atoms. The third-order valence-electron chi connectivity index (χ3n) is 3.20. The van der Waals surface area contributed by atoms with Gasteiger partial charge in [0.2, 0.25) is 15.9 Å². The first-order chi connectivity index (χ1) is 10.4. The van der Waals surface area contributed by atoms with Crippen molar-refractivity contribution < 1.29 is 13.2 Å². The fourth-order valence-electron chi connectivity index (χ4n) is 1.85. The summed E-state index contributed by atoms with van der Waals surface area (Å²) in [5, 5.41) is 0. The van der Waals surface area contributed by atoms with Gasteiger partial charge in [-0.2, -0.15) is 0 Å². The van der Waals surface area contributed by atoms with Crippen molar-refractivity contribution in [1.82, 2.24) is 9.71 Å². The predicted molar refractivity (Wildman–Crippen MR) is 91.1 cm³/mol. The Morgan fingerprint density at radius 2 is 1.87 bits per heavy atom. The number of nitrogens with two attached hydrogens (primary N) is 1. The topological polar surface area (TPSA) is 94.3 Å². The summed E-state index contributed by atoms with van der Waals surface area (Å²) in [5.41, 5.74) is 7.64. The van der Waals surface area contributed by atoms with Crippen LogP contribution in [0.15, 0.2) is 47.5 Å². The summed E-state index contributed by atoms with van der Waals surface area (Å²) in [5.74, 6) is 0.366. The van der Waals surface area contributed by atoms with Crippen molar-refractivity contribution >= 4 is 22.4 Å². The van der Waals surface area contributed by atoms with Crippen molar-refractivity contribution in [2.24, 2.45) is 5.73 Å². The number of ether oxygens (including phenoxy) is 1. The maximum Gasteiger partial charge on any atom is 0.242 e. The van der Waals surface area contributed by atoms with E-state index < -0.39 is 10.0 Å². The first kappa shape index (κ1) is 19.4. The minimum atomic E-state index is -3.60. The molecule has 1 atom stereocenters. The summed E-state index contributed by atoms with van der Waals surface area (Å²) in [7, 11) is -2.13. The first-order valence-electron chi connectivity index (χ1n) is 6.76. The van der Waals surface area contributed by atoms with E-state index in [1.807, 2.05) is 31.2 Å². The number of halogens is 1. The summed E-state index contributed by atoms with van der Waals surface area (Å²) in [6, 6.07) is 10.4. The van der Waals surface area contributed by atoms with Crippen molar-refractivity contribution in [3.05, 3.63) is 53.7 Å². The van der Waals surface area contributed by atoms with Crippen molar-refractivity contribution in [2.45, 2.75) is 24.4 Å². The fourth-order valence-corrected chi connectivity index (χ4v) is 2.81. The van der Waals surface area contributed by atoms with Crippen molar-refractivity contribution in [2.75, 3.05) is 7.11 Å². The molecule has 3 N–H and O–H groups in total. The van der Waals surface area contributed by atoms with Crippen LogP contribution in [0.2, 0.25) is 0 Å². The quantitative estimate of drug-likeness (QED) is 0.824. The Bertz CT molecular complexity index is 717. The van der Waals surface area contributed by atoms with Crippen LogP contribution >= 0.6 is 12.4 Å². The largest absolute Gasteiger partial charge is 0.481 e. The van der Waals surface area contributed by atoms with Gasteiger partial charge in [0.05, 0.1) is 13.3 Å². The van der Waals surface area contributed by atoms with Crippen LogP contribution in [0.4, 0.5) is 0 Å². The second-order valence-electron chi connectivity index (χ2n) is 4.89. The Morgan fingerprint density at radius 3 is 2.35 bits per heavy atom. The number of nitrogens with zero attached hydrogens (tertiary/aromatic N) is 1. The zero-order valence-electron chi connectivity index (χ0n) is 12.9. The SMILES string of the molecule is COc1ccc(S(=O)(=O)NCc2ccc(C(C)N)cc2)cn1.Cl. The number of pyridine rings is 1. The minimum absolute atomic E-state index is 0. The molecule has 2 rings (SSSR count). The zero-order chi connectivity index (χ0) is 16.2. The molecular weight excluding hydrogens is 338 g/mol. The van der Waals surface area contributed by atoms with Gasteiger partial charge in [0, 0.05) is 18.7 Å². The van der Waals surface area contributed by atoms with Gasteiger partial charge in [-0.05, 0) is 24.1 Å². The maximum absolute atomic E-state index is 12.2. The standard InChI is InChI=1S/C15H19N3O3S.ClH/c1-11(16)13-5-3-12(4-6-13)9-18-22(19,20)14-7-8-15(21-2)17-10-14;/h3-8,10-11,18H,9,16H2,1-2H3;1H. The Labute approximate surface area is 142 Å². The second-order valence-corrected chi connectivity index (χ2v) is 6.66. The molecule has 1 heterocycles. The molecule has 0 spiro atoms. The zero-order valence-corrected chi connectivity index (χ0v) is 14.5. The van der Waals surface area contributed by atoms with E-state index in [9.17, 15) is 8.42 Å². The van der Waals surface area contributed by atoms with E-state index in [2.05, 4.69) is 9.71 Å². The van der Waals surface area contributed by atoms with Gasteiger partial charge in [-0.25, -0.2) is 18.1 Å². The molecule has 0 aliphatic rings. The Morgan fingerprint density at radius 1 is 1.22 bits per heavy atom. The average molecular weight is 358 g/mol. The predicted octanol–water partition coefficient (Wildman–Crippen LogP) is 2.01. The van der Waals surface area contributed by atoms with E-state index in [4.69, 9.17) is 10.5 Å². The molecule has 0 saturated carbocycles. The lowest BCUT2D eigenvalue weighted by molar-refractivity contribution is 0.397. The van der Waals surface area contributed by atoms with Gasteiger partial charge in [0.25, 0.3) is 0 Å². The number of benzene rings is 1. The van der Waals surface area contributed by atoms with Crippen LogP contribution in [0.1, 0.15) is 24.1 Å². The molecule has 0 amide bonds. The van der Waals surface area contributed by atoms with Crippen LogP contribution in [0, 0.1) is 0 Å². The maximum atomic E-state index is 12.2. The van der Waals surface area contributed by atoms with Crippen molar-refractivity contribution in [1.29, 1.82) is 0 Å². The summed E-state index contributed by atoms with van der Waals surface area (Å²) in [6.07, 6.45) is 1.26. The molecule has 0 fully saturated rings. The molecule has 0 radical (unpaired) electrons. The summed E-state index contributed by atoms with van der Waals surface area (Å²) in [6.45, 7) is 2.10. The lowest BCUT2D eigenvalue weighted by Crippen LogP contribution is -2.23. The highest BCUT2D eigenvalue weighted by Crippen LogP contribution is 2.14. The number of nitrogens with one attached hydrogen (secondary N) is 1. The fraction of sp³-hybridized carbons (Fsp3) is 0.267. The van der Waals surface area contributed by atoms with E-state index in [-0.39, 0.29) is 29.9 Å². The van der Waals surface area contributed by atoms with Gasteiger partial charge < -0.3 is 10.5 Å². The molecule has 1 unspecified atom stereocenters. The number of rotatable bonds is 6. The van der Waals surface area contributed by atoms with Crippen LogP contribution in [0.3, 0.4) is 0 Å². The number of hydrogen-bond acceptors (Lipinski definition) is 5. The molecule has 2 aromatic rings. The summed E-state index contributed by atoms with van der Waals surface area (Å²) < 4.78 is 31.8. The highest BCUT2D eigenvalue weighted by molar-refractivity contribution is 7.89. The number of methoxy groups -OCH3 is 1. The van der Waals surface area contributed by atoms with Gasteiger partial charge in [0.1, 0.15) is 4.90 Å². The Hall–Kier alpha value is -1.67. The first-order valence-corrected chi connectivity index (χ1v) is 8.25. The van der Waals surface area contributed by atoms with Gasteiger partial charge in [0.15, 0.2) is 0 Å². The molecule has 0 aliphatic heterocycles. The summed E-state index contributed by atoms with van der Waals surface area (Å²) in [4.78, 5) is 3.99. The monoisotopic (exact) mass is 357 g/mol. The minimum Gasteiger partial charge on any atom is -0.481 e. The normalized spacial score (nSPS) is 12.3. The van der Waals surface area contributed by atoms with E-state index in [1.165, 1.54) is 25.4 Å². The van der Waals surface area contributed by atoms with E-state index in [1.54, 1.807) is 0 Å². The molecular formula is C15H20ClN3O3S. The number of sulfonamides is 1. The molecule has 8 heteroatoms. The molecule has 126 valence electrons. The van der Waals surface area contributed by atoms with E-state index in [0.29, 0.717) is 5.88 Å². The molecule has 0 aliphatic carbocycles. The average Bonchev–Trinajstić information content (AvgIpc) is 2.53. The van der Waals surface area contributed by atoms with Gasteiger partial charge in [-0.1, -0.05) is 24.3 Å². The molecule has 23 heavy (non-hydrogen) atoms. The third-order valence-corrected chi connectivity index (χ3v) is 4.59. The van der Waals surface area contributed by atoms with Crippen LogP contribution in [-0.4, -0.2) is 20.5 Å². The van der Waals surface area contributed by atoms with Crippen molar-refractivity contribution in [3.63, 3.8) is 0 Å². The third kappa shape index (κ3) is 5.18. The second kappa shape index (κ2) is 8.26. The van der Waals surface area contributed by atoms with E-state index in [0.717, 1.165) is 11.1 Å². The Kier molecular flexibility index (Phi) is 6.96.